The first-order valence-corrected chi connectivity index (χ1v) is 8.29. The molecule has 1 aliphatic heterocycles. The van der Waals surface area contributed by atoms with E-state index in [0.29, 0.717) is 12.1 Å². The van der Waals surface area contributed by atoms with Crippen LogP contribution >= 0.6 is 0 Å². The van der Waals surface area contributed by atoms with Gasteiger partial charge in [-0.3, -0.25) is 9.78 Å². The molecule has 3 atom stereocenters. The molecule has 2 heterocycles. The fraction of sp³-hybridized carbons (Fsp3) is 0.667. The third-order valence-electron chi connectivity index (χ3n) is 5.33. The van der Waals surface area contributed by atoms with E-state index in [1.165, 1.54) is 11.8 Å². The maximum absolute atomic E-state index is 13.5. The Balaban J connectivity index is 1.95. The molecule has 25 heavy (non-hydrogen) atoms. The molecule has 1 aliphatic carbocycles. The van der Waals surface area contributed by atoms with Gasteiger partial charge in [0.25, 0.3) is 0 Å². The molecule has 0 spiro atoms. The third-order valence-corrected chi connectivity index (χ3v) is 5.33. The van der Waals surface area contributed by atoms with Crippen molar-refractivity contribution in [2.45, 2.75) is 58.2 Å². The van der Waals surface area contributed by atoms with Gasteiger partial charge in [-0.1, -0.05) is 13.8 Å². The number of amides is 1. The Morgan fingerprint density at radius 3 is 2.96 bits per heavy atom. The monoisotopic (exact) mass is 359 g/mol. The van der Waals surface area contributed by atoms with Crippen LogP contribution in [0.25, 0.3) is 0 Å². The van der Waals surface area contributed by atoms with E-state index in [-0.39, 0.29) is 37.9 Å². The summed E-state index contributed by atoms with van der Waals surface area (Å²) in [5, 5.41) is 0. The van der Waals surface area contributed by atoms with Gasteiger partial charge in [0.2, 0.25) is 5.91 Å². The fourth-order valence-electron chi connectivity index (χ4n) is 3.84. The summed E-state index contributed by atoms with van der Waals surface area (Å²) in [7, 11) is 0. The molecule has 2 aliphatic rings. The number of alkyl halides is 3. The molecule has 7 heteroatoms. The van der Waals surface area contributed by atoms with Crippen LogP contribution < -0.4 is 5.73 Å². The van der Waals surface area contributed by atoms with Crippen LogP contribution in [0.2, 0.25) is 0 Å². The zero-order chi connectivity index (χ0) is 21.8. The van der Waals surface area contributed by atoms with Gasteiger partial charge in [0.05, 0.1) is 11.0 Å². The summed E-state index contributed by atoms with van der Waals surface area (Å²) in [4.78, 5) is 18.8. The number of nitrogens with two attached hydrogens (primary N) is 1. The van der Waals surface area contributed by atoms with Gasteiger partial charge < -0.3 is 10.6 Å². The minimum Gasteiger partial charge on any atom is -0.337 e. The fourth-order valence-corrected chi connectivity index (χ4v) is 3.84. The molecule has 1 fully saturated rings. The summed E-state index contributed by atoms with van der Waals surface area (Å²) < 4.78 is 71.1. The van der Waals surface area contributed by atoms with E-state index in [1.54, 1.807) is 0 Å². The van der Waals surface area contributed by atoms with Crippen LogP contribution in [-0.2, 0) is 23.9 Å². The number of halogens is 3. The Morgan fingerprint density at radius 2 is 2.36 bits per heavy atom. The van der Waals surface area contributed by atoms with Crippen LogP contribution in [0.4, 0.5) is 13.2 Å². The normalized spacial score (nSPS) is 32.0. The number of carbonyl (C=O) groups excluding carboxylic acids is 1. The first-order chi connectivity index (χ1) is 13.2. The van der Waals surface area contributed by atoms with Crippen molar-refractivity contribution in [1.82, 2.24) is 9.88 Å². The van der Waals surface area contributed by atoms with E-state index < -0.39 is 41.8 Å². The molecule has 0 radical (unpaired) electrons. The second-order valence-corrected chi connectivity index (χ2v) is 7.01. The minimum absolute atomic E-state index is 0.0639. The van der Waals surface area contributed by atoms with E-state index in [1.807, 2.05) is 0 Å². The van der Waals surface area contributed by atoms with Crippen molar-refractivity contribution >= 4 is 5.91 Å². The van der Waals surface area contributed by atoms with Crippen LogP contribution in [0.15, 0.2) is 12.3 Å². The predicted molar refractivity (Wildman–Crippen MR) is 87.5 cm³/mol. The number of nitrogens with zero attached hydrogens (tertiary/aromatic N) is 2. The van der Waals surface area contributed by atoms with E-state index in [9.17, 15) is 18.0 Å². The zero-order valence-corrected chi connectivity index (χ0v) is 14.0. The SMILES string of the molecule is [2H]C([2H])([2H])C([2H])(C)[C@]1(C(=O)N2CCc3ncc(C(F)(F)F)cc3C2)CC[C@@H](N)C1. The highest BCUT2D eigenvalue weighted by Crippen LogP contribution is 2.46. The number of hydrogen-bond acceptors (Lipinski definition) is 3. The van der Waals surface area contributed by atoms with E-state index in [0.717, 1.165) is 12.3 Å². The first kappa shape index (κ1) is 13.6. The average molecular weight is 359 g/mol. The Labute approximate surface area is 151 Å². The smallest absolute Gasteiger partial charge is 0.337 e. The average Bonchev–Trinajstić information content (AvgIpc) is 3.02. The summed E-state index contributed by atoms with van der Waals surface area (Å²) in [6, 6.07) is 0.583. The van der Waals surface area contributed by atoms with Crippen LogP contribution in [-0.4, -0.2) is 28.4 Å². The standard InChI is InChI=1S/C18H24F3N3O/c1-11(2)17(5-3-14(22)8-17)16(25)24-6-4-15-12(10-24)7-13(9-23-15)18(19,20)21/h7,9,11,14H,3-6,8,10,22H2,1-2H3/t14-,17+/m1/s1/i1D3,11D/t11?,14-,17+. The molecule has 0 saturated heterocycles. The van der Waals surface area contributed by atoms with E-state index in [4.69, 9.17) is 11.2 Å². The lowest BCUT2D eigenvalue weighted by atomic mass is 9.74. The van der Waals surface area contributed by atoms with Crippen molar-refractivity contribution in [2.24, 2.45) is 17.0 Å². The molecule has 1 aromatic heterocycles. The molecule has 1 aromatic rings. The van der Waals surface area contributed by atoms with Gasteiger partial charge in [-0.2, -0.15) is 13.2 Å². The van der Waals surface area contributed by atoms with Gasteiger partial charge in [0, 0.05) is 42.9 Å². The number of hydrogen-bond donors (Lipinski definition) is 1. The van der Waals surface area contributed by atoms with Gasteiger partial charge in [0.1, 0.15) is 0 Å². The molecule has 4 nitrogen and oxygen atoms in total. The molecule has 3 rings (SSSR count). The molecule has 0 aromatic carbocycles. The molecular formula is C18H24F3N3O. The Hall–Kier alpha value is -1.63. The minimum atomic E-state index is -4.55. The van der Waals surface area contributed by atoms with E-state index in [2.05, 4.69) is 4.98 Å². The molecule has 0 bridgehead atoms. The topological polar surface area (TPSA) is 59.2 Å². The Morgan fingerprint density at radius 1 is 1.60 bits per heavy atom. The van der Waals surface area contributed by atoms with Crippen molar-refractivity contribution < 1.29 is 23.4 Å². The highest BCUT2D eigenvalue weighted by Gasteiger charge is 2.48. The number of aromatic nitrogens is 1. The molecule has 2 N–H and O–H groups in total. The second kappa shape index (κ2) is 6.27. The highest BCUT2D eigenvalue weighted by atomic mass is 19.4. The van der Waals surface area contributed by atoms with Gasteiger partial charge in [-0.05, 0) is 36.8 Å². The summed E-state index contributed by atoms with van der Waals surface area (Å²) in [6.07, 6.45) is -2.85. The summed E-state index contributed by atoms with van der Waals surface area (Å²) >= 11 is 0. The maximum Gasteiger partial charge on any atom is 0.417 e. The second-order valence-electron chi connectivity index (χ2n) is 7.01. The predicted octanol–water partition coefficient (Wildman–Crippen LogP) is 3.14. The number of pyridine rings is 1. The summed E-state index contributed by atoms with van der Waals surface area (Å²) in [6.45, 7) is -1.38. The Bertz CT molecular complexity index is 813. The van der Waals surface area contributed by atoms with Gasteiger partial charge in [-0.25, -0.2) is 0 Å². The number of carbonyl (C=O) groups is 1. The van der Waals surface area contributed by atoms with Crippen molar-refractivity contribution in [3.8, 4) is 0 Å². The largest absolute Gasteiger partial charge is 0.417 e. The van der Waals surface area contributed by atoms with Crippen LogP contribution in [0.1, 0.15) is 55.3 Å². The first-order valence-electron chi connectivity index (χ1n) is 10.3. The van der Waals surface area contributed by atoms with Crippen molar-refractivity contribution in [1.29, 1.82) is 0 Å². The highest BCUT2D eigenvalue weighted by molar-refractivity contribution is 5.83. The maximum atomic E-state index is 13.5. The third kappa shape index (κ3) is 3.26. The van der Waals surface area contributed by atoms with Crippen LogP contribution in [0, 0.1) is 11.3 Å². The molecule has 1 amide bonds. The van der Waals surface area contributed by atoms with Crippen molar-refractivity contribution in [3.63, 3.8) is 0 Å². The van der Waals surface area contributed by atoms with E-state index >= 15 is 0 Å². The zero-order valence-electron chi connectivity index (χ0n) is 18.0. The lowest BCUT2D eigenvalue weighted by Gasteiger charge is -2.39. The summed E-state index contributed by atoms with van der Waals surface area (Å²) in [5.74, 6) is -2.60. The molecular weight excluding hydrogens is 331 g/mol. The number of rotatable bonds is 2. The molecule has 1 saturated carbocycles. The van der Waals surface area contributed by atoms with Gasteiger partial charge in [-0.15, -0.1) is 0 Å². The van der Waals surface area contributed by atoms with Crippen LogP contribution in [0.3, 0.4) is 0 Å². The summed E-state index contributed by atoms with van der Waals surface area (Å²) in [5.41, 5.74) is 4.37. The Kier molecular flexibility index (Phi) is 3.40. The lowest BCUT2D eigenvalue weighted by molar-refractivity contribution is -0.145. The van der Waals surface area contributed by atoms with Crippen LogP contribution in [0.5, 0.6) is 0 Å². The van der Waals surface area contributed by atoms with Gasteiger partial charge in [0.15, 0.2) is 0 Å². The lowest BCUT2D eigenvalue weighted by Crippen LogP contribution is -2.48. The number of fused-ring (bicyclic) bond motifs is 1. The van der Waals surface area contributed by atoms with Gasteiger partial charge >= 0.3 is 6.18 Å². The molecule has 1 unspecified atom stereocenters. The van der Waals surface area contributed by atoms with Crippen molar-refractivity contribution in [2.75, 3.05) is 6.54 Å². The van der Waals surface area contributed by atoms with Crippen molar-refractivity contribution in [3.05, 3.63) is 29.1 Å². The quantitative estimate of drug-likeness (QED) is 0.882. The molecule has 138 valence electrons.